The number of anilines is 2. The van der Waals surface area contributed by atoms with Crippen molar-refractivity contribution in [1.82, 2.24) is 0 Å². The normalized spacial score (nSPS) is 18.4. The number of carbonyl (C=O) groups excluding carboxylic acids is 1. The van der Waals surface area contributed by atoms with Gasteiger partial charge in [-0.1, -0.05) is 29.4 Å². The van der Waals surface area contributed by atoms with Gasteiger partial charge < -0.3 is 16.2 Å². The van der Waals surface area contributed by atoms with Crippen molar-refractivity contribution in [3.63, 3.8) is 0 Å². The zero-order chi connectivity index (χ0) is 17.7. The molecule has 1 aliphatic rings. The molecule has 1 amide bonds. The van der Waals surface area contributed by atoms with Crippen LogP contribution in [0.15, 0.2) is 65.9 Å². The summed E-state index contributed by atoms with van der Waals surface area (Å²) in [6, 6.07) is 14.5. The number of para-hydroxylation sites is 2. The third-order valence-corrected chi connectivity index (χ3v) is 4.11. The van der Waals surface area contributed by atoms with Crippen molar-refractivity contribution in [2.45, 2.75) is 6.54 Å². The van der Waals surface area contributed by atoms with E-state index in [9.17, 15) is 9.90 Å². The van der Waals surface area contributed by atoms with E-state index < -0.39 is 0 Å². The number of aliphatic hydroxyl groups excluding tert-OH is 1. The summed E-state index contributed by atoms with van der Waals surface area (Å²) >= 11 is 0. The number of quaternary nitrogens is 1. The summed E-state index contributed by atoms with van der Waals surface area (Å²) in [5.74, 6) is -0.206. The third kappa shape index (κ3) is 3.93. The molecule has 3 rings (SSSR count). The maximum atomic E-state index is 12.3. The highest BCUT2D eigenvalue weighted by atomic mass is 16.3. The van der Waals surface area contributed by atoms with E-state index in [1.807, 2.05) is 36.5 Å². The number of hydrogen-bond acceptors (Lipinski definition) is 4. The molecular formula is C19H21N4O2+. The Hall–Kier alpha value is -2.96. The van der Waals surface area contributed by atoms with E-state index in [4.69, 9.17) is 5.73 Å². The Labute approximate surface area is 146 Å². The Bertz CT molecular complexity index is 800. The number of nitrogens with zero attached hydrogens (tertiary/aromatic N) is 2. The van der Waals surface area contributed by atoms with Gasteiger partial charge in [0.15, 0.2) is 0 Å². The van der Waals surface area contributed by atoms with Crippen LogP contribution in [0.2, 0.25) is 0 Å². The molecule has 1 aliphatic heterocycles. The molecule has 25 heavy (non-hydrogen) atoms. The van der Waals surface area contributed by atoms with Crippen LogP contribution in [0.5, 0.6) is 0 Å². The zero-order valence-electron chi connectivity index (χ0n) is 13.8. The van der Waals surface area contributed by atoms with Gasteiger partial charge >= 0.3 is 0 Å². The van der Waals surface area contributed by atoms with Gasteiger partial charge in [-0.2, -0.15) is 4.59 Å². The highest BCUT2D eigenvalue weighted by Crippen LogP contribution is 2.21. The largest absolute Gasteiger partial charge is 0.397 e. The molecule has 0 bridgehead atoms. The fraction of sp³-hybridized carbons (Fsp3) is 0.158. The van der Waals surface area contributed by atoms with Gasteiger partial charge in [-0.25, -0.2) is 0 Å². The first-order chi connectivity index (χ1) is 12.1. The standard InChI is InChI=1S/C19H20N4O2/c20-17-4-1-2-5-18(17)22-19(25)16-8-6-15(7-9-16)14-23(12-13-24)11-3-10-21-23/h1-11,24H,12-14,20H2/p+1. The van der Waals surface area contributed by atoms with Gasteiger partial charge in [0, 0.05) is 17.2 Å². The van der Waals surface area contributed by atoms with Crippen LogP contribution >= 0.6 is 0 Å². The van der Waals surface area contributed by atoms with Crippen LogP contribution in [0.3, 0.4) is 0 Å². The number of nitrogen functional groups attached to an aromatic ring is 1. The SMILES string of the molecule is Nc1ccccc1NC(=O)c1ccc(C[N+]2(CCO)C=CC=N2)cc1. The summed E-state index contributed by atoms with van der Waals surface area (Å²) in [7, 11) is 0. The van der Waals surface area contributed by atoms with Crippen molar-refractivity contribution in [3.8, 4) is 0 Å². The van der Waals surface area contributed by atoms with Crippen LogP contribution in [0.25, 0.3) is 0 Å². The molecule has 0 radical (unpaired) electrons. The summed E-state index contributed by atoms with van der Waals surface area (Å²) in [6.07, 6.45) is 5.57. The lowest BCUT2D eigenvalue weighted by molar-refractivity contribution is -0.897. The first-order valence-corrected chi connectivity index (χ1v) is 8.08. The molecule has 2 aromatic rings. The third-order valence-electron chi connectivity index (χ3n) is 4.11. The molecule has 6 nitrogen and oxygen atoms in total. The molecule has 2 aromatic carbocycles. The van der Waals surface area contributed by atoms with Gasteiger partial charge in [-0.15, -0.1) is 0 Å². The van der Waals surface area contributed by atoms with Gasteiger partial charge in [0.05, 0.1) is 24.2 Å². The fourth-order valence-corrected chi connectivity index (χ4v) is 2.77. The van der Waals surface area contributed by atoms with E-state index in [2.05, 4.69) is 10.4 Å². The van der Waals surface area contributed by atoms with E-state index in [1.54, 1.807) is 30.5 Å². The molecule has 0 aromatic heterocycles. The van der Waals surface area contributed by atoms with Crippen LogP contribution in [-0.2, 0) is 6.54 Å². The Morgan fingerprint density at radius 3 is 2.56 bits per heavy atom. The lowest BCUT2D eigenvalue weighted by Gasteiger charge is -2.25. The van der Waals surface area contributed by atoms with E-state index in [0.29, 0.717) is 34.6 Å². The molecule has 6 heteroatoms. The van der Waals surface area contributed by atoms with Crippen LogP contribution in [0.4, 0.5) is 11.4 Å². The maximum absolute atomic E-state index is 12.3. The number of hydrogen-bond donors (Lipinski definition) is 3. The highest BCUT2D eigenvalue weighted by molar-refractivity contribution is 6.05. The van der Waals surface area contributed by atoms with Gasteiger partial charge in [0.25, 0.3) is 5.91 Å². The second-order valence-corrected chi connectivity index (χ2v) is 5.94. The molecule has 1 unspecified atom stereocenters. The van der Waals surface area contributed by atoms with Crippen molar-refractivity contribution in [2.24, 2.45) is 5.10 Å². The van der Waals surface area contributed by atoms with Crippen molar-refractivity contribution in [3.05, 3.63) is 71.9 Å². The Balaban J connectivity index is 1.70. The highest BCUT2D eigenvalue weighted by Gasteiger charge is 2.27. The molecular weight excluding hydrogens is 316 g/mol. The van der Waals surface area contributed by atoms with Crippen molar-refractivity contribution in [1.29, 1.82) is 0 Å². The van der Waals surface area contributed by atoms with Gasteiger partial charge in [-0.05, 0) is 24.3 Å². The van der Waals surface area contributed by atoms with Crippen LogP contribution < -0.4 is 11.1 Å². The quantitative estimate of drug-likeness (QED) is 0.558. The Kier molecular flexibility index (Phi) is 4.92. The second kappa shape index (κ2) is 7.29. The first kappa shape index (κ1) is 16.9. The number of benzene rings is 2. The van der Waals surface area contributed by atoms with Crippen molar-refractivity contribution < 1.29 is 14.5 Å². The number of carbonyl (C=O) groups is 1. The second-order valence-electron chi connectivity index (χ2n) is 5.94. The molecule has 0 spiro atoms. The number of aliphatic hydroxyl groups is 1. The number of rotatable bonds is 6. The lowest BCUT2D eigenvalue weighted by Crippen LogP contribution is -2.37. The van der Waals surface area contributed by atoms with Crippen LogP contribution in [0, 0.1) is 0 Å². The van der Waals surface area contributed by atoms with Gasteiger partial charge in [-0.3, -0.25) is 4.79 Å². The number of nitrogens with one attached hydrogen (secondary N) is 1. The number of nitrogens with two attached hydrogens (primary N) is 1. The molecule has 4 N–H and O–H groups in total. The summed E-state index contributed by atoms with van der Waals surface area (Å²) in [5.41, 5.74) is 8.57. The van der Waals surface area contributed by atoms with E-state index >= 15 is 0 Å². The predicted molar refractivity (Wildman–Crippen MR) is 98.8 cm³/mol. The topological polar surface area (TPSA) is 87.7 Å². The summed E-state index contributed by atoms with van der Waals surface area (Å²) < 4.78 is 0.336. The summed E-state index contributed by atoms with van der Waals surface area (Å²) in [5, 5.41) is 16.5. The van der Waals surface area contributed by atoms with Crippen LogP contribution in [0.1, 0.15) is 15.9 Å². The number of amides is 1. The van der Waals surface area contributed by atoms with E-state index in [1.165, 1.54) is 0 Å². The predicted octanol–water partition coefficient (Wildman–Crippen LogP) is 2.34. The molecule has 1 atom stereocenters. The minimum atomic E-state index is -0.206. The van der Waals surface area contributed by atoms with Crippen molar-refractivity contribution in [2.75, 3.05) is 24.2 Å². The summed E-state index contributed by atoms with van der Waals surface area (Å²) in [6.45, 7) is 1.20. The molecule has 0 saturated carbocycles. The van der Waals surface area contributed by atoms with E-state index in [-0.39, 0.29) is 12.5 Å². The Morgan fingerprint density at radius 2 is 1.92 bits per heavy atom. The first-order valence-electron chi connectivity index (χ1n) is 8.08. The van der Waals surface area contributed by atoms with Gasteiger partial charge in [0.2, 0.25) is 0 Å². The molecule has 0 fully saturated rings. The molecule has 1 heterocycles. The van der Waals surface area contributed by atoms with Crippen LogP contribution in [-0.4, -0.2) is 35.0 Å². The summed E-state index contributed by atoms with van der Waals surface area (Å²) in [4.78, 5) is 12.3. The minimum Gasteiger partial charge on any atom is -0.397 e. The maximum Gasteiger partial charge on any atom is 0.255 e. The molecule has 128 valence electrons. The molecule has 0 saturated heterocycles. The average Bonchev–Trinajstić information content (AvgIpc) is 3.06. The smallest absolute Gasteiger partial charge is 0.255 e. The van der Waals surface area contributed by atoms with Crippen molar-refractivity contribution >= 4 is 23.5 Å². The fourth-order valence-electron chi connectivity index (χ4n) is 2.77. The van der Waals surface area contributed by atoms with Gasteiger partial charge in [0.1, 0.15) is 19.3 Å². The Morgan fingerprint density at radius 1 is 1.16 bits per heavy atom. The lowest BCUT2D eigenvalue weighted by atomic mass is 10.1. The monoisotopic (exact) mass is 337 g/mol. The average molecular weight is 337 g/mol. The van der Waals surface area contributed by atoms with E-state index in [0.717, 1.165) is 5.56 Å². The minimum absolute atomic E-state index is 0.0562. The molecule has 0 aliphatic carbocycles. The zero-order valence-corrected chi connectivity index (χ0v) is 13.8. The number of allylic oxidation sites excluding steroid dienone is 1.